The summed E-state index contributed by atoms with van der Waals surface area (Å²) < 4.78 is 0. The van der Waals surface area contributed by atoms with Crippen LogP contribution < -0.4 is 10.6 Å². The molecular weight excluding hydrogens is 416 g/mol. The van der Waals surface area contributed by atoms with Crippen molar-refractivity contribution < 1.29 is 19.4 Å². The van der Waals surface area contributed by atoms with E-state index in [-0.39, 0.29) is 17.8 Å². The van der Waals surface area contributed by atoms with Crippen molar-refractivity contribution in [1.82, 2.24) is 5.32 Å². The monoisotopic (exact) mass is 434 g/mol. The second kappa shape index (κ2) is 9.94. The van der Waals surface area contributed by atoms with Crippen molar-refractivity contribution in [3.63, 3.8) is 0 Å². The molecule has 0 aromatic heterocycles. The molecule has 0 aliphatic carbocycles. The molecule has 1 atom stereocenters. The van der Waals surface area contributed by atoms with E-state index in [0.717, 1.165) is 0 Å². The number of nitrogens with one attached hydrogen (secondary N) is 2. The van der Waals surface area contributed by atoms with Crippen LogP contribution in [-0.4, -0.2) is 27.7 Å². The second-order valence-electron chi connectivity index (χ2n) is 6.81. The lowest BCUT2D eigenvalue weighted by atomic mass is 10.0. The lowest BCUT2D eigenvalue weighted by molar-refractivity contribution is -0.385. The van der Waals surface area contributed by atoms with Crippen molar-refractivity contribution in [2.45, 2.75) is 12.5 Å². The quantitative estimate of drug-likeness (QED) is 0.410. The van der Waals surface area contributed by atoms with Gasteiger partial charge in [0.25, 0.3) is 17.3 Å². The van der Waals surface area contributed by atoms with Crippen LogP contribution in [0.25, 0.3) is 0 Å². The first kappa shape index (κ1) is 22.1. The predicted molar refractivity (Wildman–Crippen MR) is 116 cm³/mol. The minimum Gasteiger partial charge on any atom is -0.340 e. The second-order valence-corrected chi connectivity index (χ2v) is 6.81. The van der Waals surface area contributed by atoms with Crippen LogP contribution in [0.3, 0.4) is 0 Å². The van der Waals surface area contributed by atoms with E-state index in [0.29, 0.717) is 16.8 Å². The van der Waals surface area contributed by atoms with Crippen LogP contribution >= 0.6 is 0 Å². The Morgan fingerprint density at radius 2 is 1.31 bits per heavy atom. The summed E-state index contributed by atoms with van der Waals surface area (Å²) in [4.78, 5) is 46.1. The molecular formula is C22H18N4O6. The molecule has 2 amide bonds. The Labute approximate surface area is 182 Å². The molecule has 32 heavy (non-hydrogen) atoms. The molecule has 0 saturated carbocycles. The third-order valence-corrected chi connectivity index (χ3v) is 4.59. The van der Waals surface area contributed by atoms with Crippen LogP contribution in [0.15, 0.2) is 78.9 Å². The van der Waals surface area contributed by atoms with Gasteiger partial charge < -0.3 is 10.6 Å². The molecule has 0 unspecified atom stereocenters. The molecule has 10 heteroatoms. The third-order valence-electron chi connectivity index (χ3n) is 4.59. The van der Waals surface area contributed by atoms with E-state index in [1.165, 1.54) is 48.5 Å². The summed E-state index contributed by atoms with van der Waals surface area (Å²) in [6.45, 7) is 0. The summed E-state index contributed by atoms with van der Waals surface area (Å²) in [5, 5.41) is 27.0. The maximum Gasteiger partial charge on any atom is 0.269 e. The zero-order valence-electron chi connectivity index (χ0n) is 16.6. The van der Waals surface area contributed by atoms with Gasteiger partial charge in [0.05, 0.1) is 9.85 Å². The van der Waals surface area contributed by atoms with Crippen molar-refractivity contribution >= 4 is 28.9 Å². The molecule has 2 N–H and O–H groups in total. The van der Waals surface area contributed by atoms with Gasteiger partial charge in [-0.15, -0.1) is 0 Å². The minimum absolute atomic E-state index is 0.0788. The van der Waals surface area contributed by atoms with E-state index in [9.17, 15) is 29.8 Å². The van der Waals surface area contributed by atoms with E-state index in [2.05, 4.69) is 10.6 Å². The van der Waals surface area contributed by atoms with E-state index >= 15 is 0 Å². The van der Waals surface area contributed by atoms with Crippen molar-refractivity contribution in [2.75, 3.05) is 5.32 Å². The van der Waals surface area contributed by atoms with Gasteiger partial charge in [0.15, 0.2) is 0 Å². The molecule has 0 aliphatic rings. The van der Waals surface area contributed by atoms with Gasteiger partial charge in [-0.3, -0.25) is 29.8 Å². The number of carbonyl (C=O) groups is 2. The SMILES string of the molecule is O=C(N[C@@H](Cc1ccc([N+](=O)[O-])cc1)C(=O)Nc1ccc([N+](=O)[O-])cc1)c1ccccc1. The molecule has 0 aliphatic heterocycles. The van der Waals surface area contributed by atoms with Crippen molar-refractivity contribution in [2.24, 2.45) is 0 Å². The Balaban J connectivity index is 1.79. The summed E-state index contributed by atoms with van der Waals surface area (Å²) in [5.41, 5.74) is 1.08. The van der Waals surface area contributed by atoms with E-state index in [1.54, 1.807) is 30.3 Å². The molecule has 0 saturated heterocycles. The zero-order chi connectivity index (χ0) is 23.1. The van der Waals surface area contributed by atoms with Gasteiger partial charge in [-0.05, 0) is 29.8 Å². The number of benzene rings is 3. The van der Waals surface area contributed by atoms with Crippen LogP contribution in [0.5, 0.6) is 0 Å². The highest BCUT2D eigenvalue weighted by molar-refractivity contribution is 6.01. The molecule has 3 aromatic rings. The number of hydrogen-bond donors (Lipinski definition) is 2. The Hall–Kier alpha value is -4.60. The summed E-state index contributed by atoms with van der Waals surface area (Å²) in [6.07, 6.45) is 0.0788. The number of nitrogens with zero attached hydrogens (tertiary/aromatic N) is 2. The van der Waals surface area contributed by atoms with Gasteiger partial charge in [0.1, 0.15) is 6.04 Å². The minimum atomic E-state index is -1.00. The molecule has 0 heterocycles. The first-order valence-corrected chi connectivity index (χ1v) is 9.48. The summed E-state index contributed by atoms with van der Waals surface area (Å²) in [6, 6.07) is 18.3. The number of carbonyl (C=O) groups excluding carboxylic acids is 2. The Morgan fingerprint density at radius 3 is 1.84 bits per heavy atom. The van der Waals surface area contributed by atoms with Crippen LogP contribution in [0, 0.1) is 20.2 Å². The number of anilines is 1. The fraction of sp³-hybridized carbons (Fsp3) is 0.0909. The summed E-state index contributed by atoms with van der Waals surface area (Å²) >= 11 is 0. The smallest absolute Gasteiger partial charge is 0.269 e. The van der Waals surface area contributed by atoms with Gasteiger partial charge in [-0.25, -0.2) is 0 Å². The van der Waals surface area contributed by atoms with Crippen LogP contribution in [0.4, 0.5) is 17.1 Å². The zero-order valence-corrected chi connectivity index (χ0v) is 16.6. The molecule has 3 aromatic carbocycles. The van der Waals surface area contributed by atoms with Gasteiger partial charge in [0, 0.05) is 41.9 Å². The van der Waals surface area contributed by atoms with E-state index < -0.39 is 27.7 Å². The third kappa shape index (κ3) is 5.72. The highest BCUT2D eigenvalue weighted by Gasteiger charge is 2.23. The first-order valence-electron chi connectivity index (χ1n) is 9.48. The lowest BCUT2D eigenvalue weighted by Gasteiger charge is -2.19. The first-order chi connectivity index (χ1) is 15.3. The highest BCUT2D eigenvalue weighted by Crippen LogP contribution is 2.17. The van der Waals surface area contributed by atoms with Gasteiger partial charge in [0.2, 0.25) is 5.91 Å². The number of nitro benzene ring substituents is 2. The normalized spacial score (nSPS) is 11.2. The summed E-state index contributed by atoms with van der Waals surface area (Å²) in [7, 11) is 0. The fourth-order valence-electron chi connectivity index (χ4n) is 2.93. The molecule has 0 spiro atoms. The fourth-order valence-corrected chi connectivity index (χ4v) is 2.93. The summed E-state index contributed by atoms with van der Waals surface area (Å²) in [5.74, 6) is -1.00. The highest BCUT2D eigenvalue weighted by atomic mass is 16.6. The van der Waals surface area contributed by atoms with Crippen molar-refractivity contribution in [3.05, 3.63) is 110 Å². The van der Waals surface area contributed by atoms with Crippen LogP contribution in [0.2, 0.25) is 0 Å². The lowest BCUT2D eigenvalue weighted by Crippen LogP contribution is -2.45. The topological polar surface area (TPSA) is 144 Å². The molecule has 162 valence electrons. The standard InChI is InChI=1S/C22H18N4O6/c27-21(16-4-2-1-3-5-16)24-20(14-15-6-10-18(11-7-15)25(29)30)22(28)23-17-8-12-19(13-9-17)26(31)32/h1-13,20H,14H2,(H,23,28)(H,24,27)/t20-/m0/s1. The number of hydrogen-bond acceptors (Lipinski definition) is 6. The maximum absolute atomic E-state index is 12.9. The van der Waals surface area contributed by atoms with E-state index in [1.807, 2.05) is 0 Å². The Morgan fingerprint density at radius 1 is 0.781 bits per heavy atom. The average molecular weight is 434 g/mol. The maximum atomic E-state index is 12.9. The van der Waals surface area contributed by atoms with E-state index in [4.69, 9.17) is 0 Å². The Bertz CT molecular complexity index is 1130. The average Bonchev–Trinajstić information content (AvgIpc) is 2.79. The van der Waals surface area contributed by atoms with Gasteiger partial charge in [-0.1, -0.05) is 30.3 Å². The Kier molecular flexibility index (Phi) is 6.86. The van der Waals surface area contributed by atoms with Crippen LogP contribution in [-0.2, 0) is 11.2 Å². The predicted octanol–water partition coefficient (Wildman–Crippen LogP) is 3.48. The number of amides is 2. The van der Waals surface area contributed by atoms with Gasteiger partial charge in [-0.2, -0.15) is 0 Å². The van der Waals surface area contributed by atoms with Crippen LogP contribution in [0.1, 0.15) is 15.9 Å². The molecule has 0 bridgehead atoms. The molecule has 0 radical (unpaired) electrons. The molecule has 3 rings (SSSR count). The number of nitro groups is 2. The molecule has 0 fully saturated rings. The molecule has 10 nitrogen and oxygen atoms in total. The number of rotatable bonds is 8. The van der Waals surface area contributed by atoms with Crippen molar-refractivity contribution in [1.29, 1.82) is 0 Å². The number of non-ortho nitro benzene ring substituents is 2. The van der Waals surface area contributed by atoms with Crippen molar-refractivity contribution in [3.8, 4) is 0 Å². The largest absolute Gasteiger partial charge is 0.340 e. The van der Waals surface area contributed by atoms with Gasteiger partial charge >= 0.3 is 0 Å².